The first kappa shape index (κ1) is 16.9. The first-order valence-electron chi connectivity index (χ1n) is 6.71. The summed E-state index contributed by atoms with van der Waals surface area (Å²) < 4.78 is 7.24. The quantitative estimate of drug-likeness (QED) is 0.782. The van der Waals surface area contributed by atoms with Crippen LogP contribution in [0.2, 0.25) is 0 Å². The van der Waals surface area contributed by atoms with Crippen molar-refractivity contribution < 1.29 is 14.6 Å². The zero-order valence-corrected chi connectivity index (χ0v) is 14.9. The van der Waals surface area contributed by atoms with E-state index >= 15 is 0 Å². The fourth-order valence-electron chi connectivity index (χ4n) is 2.17. The highest BCUT2D eigenvalue weighted by molar-refractivity contribution is 9.11. The Hall–Kier alpha value is -0.470. The number of benzene rings is 1. The number of aliphatic hydroxyl groups excluding tert-OH is 1. The van der Waals surface area contributed by atoms with Gasteiger partial charge in [0.2, 0.25) is 5.91 Å². The highest BCUT2D eigenvalue weighted by atomic mass is 79.9. The fraction of sp³-hybridized carbons (Fsp3) is 0.500. The van der Waals surface area contributed by atoms with Gasteiger partial charge in [-0.1, -0.05) is 15.9 Å². The lowest BCUT2D eigenvalue weighted by Gasteiger charge is -2.36. The third-order valence-electron chi connectivity index (χ3n) is 3.39. The molecule has 0 spiro atoms. The number of anilines is 1. The van der Waals surface area contributed by atoms with Crippen molar-refractivity contribution in [2.75, 3.05) is 31.6 Å². The van der Waals surface area contributed by atoms with Gasteiger partial charge >= 0.3 is 0 Å². The summed E-state index contributed by atoms with van der Waals surface area (Å²) in [7, 11) is 0. The number of ether oxygens (including phenoxy) is 1. The summed E-state index contributed by atoms with van der Waals surface area (Å²) in [5, 5.41) is 12.1. The van der Waals surface area contributed by atoms with Crippen molar-refractivity contribution in [1.82, 2.24) is 4.90 Å². The maximum Gasteiger partial charge on any atom is 0.238 e. The Kier molecular flexibility index (Phi) is 6.19. The van der Waals surface area contributed by atoms with E-state index < -0.39 is 0 Å². The molecule has 21 heavy (non-hydrogen) atoms. The maximum absolute atomic E-state index is 12.2. The van der Waals surface area contributed by atoms with Crippen molar-refractivity contribution >= 4 is 43.5 Å². The minimum Gasteiger partial charge on any atom is -0.394 e. The van der Waals surface area contributed by atoms with E-state index in [4.69, 9.17) is 9.84 Å². The number of hydrogen-bond acceptors (Lipinski definition) is 4. The molecule has 1 heterocycles. The molecule has 0 radical (unpaired) electrons. The van der Waals surface area contributed by atoms with Crippen molar-refractivity contribution in [3.8, 4) is 0 Å². The second-order valence-corrected chi connectivity index (χ2v) is 6.86. The molecule has 1 aromatic carbocycles. The lowest BCUT2D eigenvalue weighted by molar-refractivity contribution is -0.122. The molecule has 2 unspecified atom stereocenters. The number of nitrogens with zero attached hydrogens (tertiary/aromatic N) is 1. The highest BCUT2D eigenvalue weighted by Gasteiger charge is 2.27. The number of carbonyl (C=O) groups excluding carboxylic acids is 1. The van der Waals surface area contributed by atoms with E-state index in [1.165, 1.54) is 0 Å². The van der Waals surface area contributed by atoms with Crippen molar-refractivity contribution in [1.29, 1.82) is 0 Å². The molecule has 0 aliphatic carbocycles. The van der Waals surface area contributed by atoms with Crippen molar-refractivity contribution in [3.63, 3.8) is 0 Å². The van der Waals surface area contributed by atoms with Crippen LogP contribution in [0.5, 0.6) is 0 Å². The van der Waals surface area contributed by atoms with Crippen LogP contribution in [-0.4, -0.2) is 54.4 Å². The number of nitrogens with one attached hydrogen (secondary N) is 1. The summed E-state index contributed by atoms with van der Waals surface area (Å²) in [4.78, 5) is 14.2. The molecule has 1 aliphatic rings. The molecule has 1 fully saturated rings. The zero-order valence-electron chi connectivity index (χ0n) is 11.7. The second-order valence-electron chi connectivity index (χ2n) is 5.09. The van der Waals surface area contributed by atoms with Crippen molar-refractivity contribution in [2.45, 2.75) is 19.1 Å². The van der Waals surface area contributed by atoms with Crippen LogP contribution in [0.1, 0.15) is 6.92 Å². The predicted molar refractivity (Wildman–Crippen MR) is 88.3 cm³/mol. The smallest absolute Gasteiger partial charge is 0.238 e. The standard InChI is InChI=1S/C14H18Br2N2O3/c1-9-8-21-11(7-19)5-18(9)6-14(20)17-13-3-2-10(15)4-12(13)16/h2-4,9,11,19H,5-8H2,1H3,(H,17,20). The number of rotatable bonds is 4. The monoisotopic (exact) mass is 420 g/mol. The molecule has 0 aromatic heterocycles. The molecule has 0 saturated carbocycles. The van der Waals surface area contributed by atoms with E-state index in [9.17, 15) is 4.79 Å². The van der Waals surface area contributed by atoms with Crippen molar-refractivity contribution in [3.05, 3.63) is 27.1 Å². The predicted octanol–water partition coefficient (Wildman–Crippen LogP) is 2.23. The van der Waals surface area contributed by atoms with E-state index in [0.29, 0.717) is 13.2 Å². The van der Waals surface area contributed by atoms with Crippen LogP contribution in [0.15, 0.2) is 27.1 Å². The van der Waals surface area contributed by atoms with Gasteiger partial charge in [-0.2, -0.15) is 0 Å². The summed E-state index contributed by atoms with van der Waals surface area (Å²) in [6.07, 6.45) is -0.214. The Morgan fingerprint density at radius 2 is 2.29 bits per heavy atom. The van der Waals surface area contributed by atoms with Gasteiger partial charge in [0.05, 0.1) is 31.5 Å². The van der Waals surface area contributed by atoms with E-state index in [2.05, 4.69) is 37.2 Å². The summed E-state index contributed by atoms with van der Waals surface area (Å²) in [6.45, 7) is 3.36. The summed E-state index contributed by atoms with van der Waals surface area (Å²) >= 11 is 6.80. The van der Waals surface area contributed by atoms with Gasteiger partial charge in [0, 0.05) is 21.5 Å². The lowest BCUT2D eigenvalue weighted by Crippen LogP contribution is -2.51. The number of aliphatic hydroxyl groups is 1. The highest BCUT2D eigenvalue weighted by Crippen LogP contribution is 2.26. The Balaban J connectivity index is 1.94. The molecule has 2 N–H and O–H groups in total. The van der Waals surface area contributed by atoms with Crippen LogP contribution >= 0.6 is 31.9 Å². The molecule has 1 saturated heterocycles. The minimum atomic E-state index is -0.214. The zero-order chi connectivity index (χ0) is 15.4. The minimum absolute atomic E-state index is 0.0247. The van der Waals surface area contributed by atoms with Crippen LogP contribution in [-0.2, 0) is 9.53 Å². The molecule has 116 valence electrons. The summed E-state index contributed by atoms with van der Waals surface area (Å²) in [6, 6.07) is 5.76. The topological polar surface area (TPSA) is 61.8 Å². The molecule has 5 nitrogen and oxygen atoms in total. The van der Waals surface area contributed by atoms with Gasteiger partial charge in [-0.3, -0.25) is 9.69 Å². The molecule has 1 aromatic rings. The average molecular weight is 422 g/mol. The molecule has 0 bridgehead atoms. The first-order valence-corrected chi connectivity index (χ1v) is 8.29. The lowest BCUT2D eigenvalue weighted by atomic mass is 10.2. The number of amides is 1. The van der Waals surface area contributed by atoms with E-state index in [1.807, 2.05) is 30.0 Å². The third kappa shape index (κ3) is 4.75. The van der Waals surface area contributed by atoms with Gasteiger partial charge in [-0.25, -0.2) is 0 Å². The van der Waals surface area contributed by atoms with Crippen LogP contribution < -0.4 is 5.32 Å². The van der Waals surface area contributed by atoms with Crippen LogP contribution in [0.25, 0.3) is 0 Å². The molecular weight excluding hydrogens is 404 g/mol. The van der Waals surface area contributed by atoms with Crippen molar-refractivity contribution in [2.24, 2.45) is 0 Å². The Morgan fingerprint density at radius 3 is 2.95 bits per heavy atom. The van der Waals surface area contributed by atoms with Gasteiger partial charge in [-0.15, -0.1) is 0 Å². The Labute approximate surface area is 140 Å². The largest absolute Gasteiger partial charge is 0.394 e. The molecule has 2 rings (SSSR count). The molecule has 7 heteroatoms. The van der Waals surface area contributed by atoms with Gasteiger partial charge in [0.1, 0.15) is 0 Å². The van der Waals surface area contributed by atoms with Crippen LogP contribution in [0, 0.1) is 0 Å². The first-order chi connectivity index (χ1) is 9.99. The number of halogens is 2. The van der Waals surface area contributed by atoms with Gasteiger partial charge in [-0.05, 0) is 41.1 Å². The van der Waals surface area contributed by atoms with E-state index in [1.54, 1.807) is 0 Å². The molecule has 1 aliphatic heterocycles. The van der Waals surface area contributed by atoms with Gasteiger partial charge in [0.25, 0.3) is 0 Å². The van der Waals surface area contributed by atoms with E-state index in [0.717, 1.165) is 14.6 Å². The molecule has 1 amide bonds. The summed E-state index contributed by atoms with van der Waals surface area (Å²) in [5.41, 5.74) is 0.739. The Bertz CT molecular complexity index is 513. The molecule has 2 atom stereocenters. The van der Waals surface area contributed by atoms with E-state index in [-0.39, 0.29) is 31.2 Å². The maximum atomic E-state index is 12.2. The average Bonchev–Trinajstić information content (AvgIpc) is 2.44. The third-order valence-corrected chi connectivity index (χ3v) is 4.54. The molecular formula is C14H18Br2N2O3. The SMILES string of the molecule is CC1COC(CO)CN1CC(=O)Nc1ccc(Br)cc1Br. The van der Waals surface area contributed by atoms with Crippen LogP contribution in [0.4, 0.5) is 5.69 Å². The number of hydrogen-bond donors (Lipinski definition) is 2. The number of morpholine rings is 1. The second kappa shape index (κ2) is 7.69. The van der Waals surface area contributed by atoms with Crippen LogP contribution in [0.3, 0.4) is 0 Å². The fourth-order valence-corrected chi connectivity index (χ4v) is 3.32. The van der Waals surface area contributed by atoms with Gasteiger partial charge in [0.15, 0.2) is 0 Å². The summed E-state index contributed by atoms with van der Waals surface area (Å²) in [5.74, 6) is -0.0801. The Morgan fingerprint density at radius 1 is 1.52 bits per heavy atom. The number of carbonyl (C=O) groups is 1. The van der Waals surface area contributed by atoms with Gasteiger partial charge < -0.3 is 15.2 Å². The normalized spacial score (nSPS) is 23.0.